The molecule has 3 N–H and O–H groups in total. The number of hydrazine groups is 1. The number of piperazine rings is 1. The van der Waals surface area contributed by atoms with Gasteiger partial charge in [-0.25, -0.2) is 15.6 Å². The third-order valence-corrected chi connectivity index (χ3v) is 6.14. The number of hydrogen-bond acceptors (Lipinski definition) is 5. The van der Waals surface area contributed by atoms with E-state index in [2.05, 4.69) is 28.3 Å². The van der Waals surface area contributed by atoms with Crippen LogP contribution in [0.15, 0.2) is 80.0 Å². The van der Waals surface area contributed by atoms with Crippen molar-refractivity contribution in [1.29, 1.82) is 0 Å². The summed E-state index contributed by atoms with van der Waals surface area (Å²) >= 11 is 0. The van der Waals surface area contributed by atoms with Gasteiger partial charge in [-0.15, -0.1) is 6.58 Å². The molecule has 35 heavy (non-hydrogen) atoms. The number of nitrogens with zero attached hydrogens (tertiary/aromatic N) is 4. The third kappa shape index (κ3) is 6.29. The Bertz CT molecular complexity index is 1000. The zero-order chi connectivity index (χ0) is 25.4. The summed E-state index contributed by atoms with van der Waals surface area (Å²) < 4.78 is 0. The molecule has 8 heteroatoms. The highest BCUT2D eigenvalue weighted by Gasteiger charge is 2.30. The summed E-state index contributed by atoms with van der Waals surface area (Å²) in [4.78, 5) is 31.6. The first kappa shape index (κ1) is 26.0. The number of nitrogens with one attached hydrogen (secondary N) is 1. The van der Waals surface area contributed by atoms with Crippen molar-refractivity contribution in [2.45, 2.75) is 25.9 Å². The lowest BCUT2D eigenvalue weighted by molar-refractivity contribution is -0.126. The molecule has 1 aliphatic rings. The maximum Gasteiger partial charge on any atom is 0.343 e. The molecule has 0 bridgehead atoms. The fourth-order valence-electron chi connectivity index (χ4n) is 4.24. The van der Waals surface area contributed by atoms with Crippen molar-refractivity contribution in [3.63, 3.8) is 0 Å². The Labute approximate surface area is 208 Å². The third-order valence-electron chi connectivity index (χ3n) is 6.14. The second-order valence-corrected chi connectivity index (χ2v) is 8.72. The lowest BCUT2D eigenvalue weighted by Gasteiger charge is -2.39. The van der Waals surface area contributed by atoms with Crippen molar-refractivity contribution in [1.82, 2.24) is 15.1 Å². The topological polar surface area (TPSA) is 85.1 Å². The van der Waals surface area contributed by atoms with E-state index in [1.165, 1.54) is 11.1 Å². The predicted molar refractivity (Wildman–Crippen MR) is 142 cm³/mol. The maximum atomic E-state index is 13.0. The van der Waals surface area contributed by atoms with Crippen LogP contribution in [0.1, 0.15) is 25.5 Å². The van der Waals surface area contributed by atoms with Gasteiger partial charge in [-0.2, -0.15) is 0 Å². The van der Waals surface area contributed by atoms with E-state index in [0.717, 1.165) is 42.4 Å². The first-order valence-corrected chi connectivity index (χ1v) is 11.9. The van der Waals surface area contributed by atoms with Gasteiger partial charge in [-0.1, -0.05) is 43.0 Å². The van der Waals surface area contributed by atoms with Gasteiger partial charge in [-0.3, -0.25) is 14.6 Å². The summed E-state index contributed by atoms with van der Waals surface area (Å²) in [7, 11) is 0. The largest absolute Gasteiger partial charge is 0.369 e. The van der Waals surface area contributed by atoms with Crippen molar-refractivity contribution in [2.75, 3.05) is 42.6 Å². The molecule has 1 aliphatic heterocycles. The lowest BCUT2D eigenvalue weighted by atomic mass is 10.0. The average Bonchev–Trinajstić information content (AvgIpc) is 2.88. The summed E-state index contributed by atoms with van der Waals surface area (Å²) in [5, 5.41) is 4.08. The minimum absolute atomic E-state index is 0.0171. The number of carbonyl (C=O) groups excluding carboxylic acids is 2. The molecule has 186 valence electrons. The van der Waals surface area contributed by atoms with Gasteiger partial charge >= 0.3 is 6.03 Å². The van der Waals surface area contributed by atoms with Crippen LogP contribution in [0.2, 0.25) is 0 Å². The van der Waals surface area contributed by atoms with Crippen LogP contribution in [0.25, 0.3) is 0 Å². The van der Waals surface area contributed by atoms with E-state index in [1.807, 2.05) is 68.4 Å². The normalized spacial score (nSPS) is 14.8. The summed E-state index contributed by atoms with van der Waals surface area (Å²) in [6.45, 7) is 14.7. The highest BCUT2D eigenvalue weighted by Crippen LogP contribution is 2.26. The molecule has 2 aromatic rings. The van der Waals surface area contributed by atoms with Crippen LogP contribution in [-0.4, -0.2) is 60.5 Å². The van der Waals surface area contributed by atoms with Gasteiger partial charge in [0, 0.05) is 50.7 Å². The summed E-state index contributed by atoms with van der Waals surface area (Å²) in [6, 6.07) is 16.8. The second-order valence-electron chi connectivity index (χ2n) is 8.72. The highest BCUT2D eigenvalue weighted by molar-refractivity contribution is 5.91. The van der Waals surface area contributed by atoms with Crippen LogP contribution < -0.4 is 21.1 Å². The molecule has 0 spiro atoms. The van der Waals surface area contributed by atoms with Crippen LogP contribution >= 0.6 is 0 Å². The second kappa shape index (κ2) is 12.2. The molecule has 1 atom stereocenters. The van der Waals surface area contributed by atoms with Crippen molar-refractivity contribution >= 4 is 23.3 Å². The molecule has 3 rings (SSSR count). The van der Waals surface area contributed by atoms with Gasteiger partial charge in [-0.05, 0) is 43.7 Å². The van der Waals surface area contributed by atoms with E-state index in [1.54, 1.807) is 6.08 Å². The molecule has 0 aromatic heterocycles. The Balaban J connectivity index is 1.66. The number of hydrogen-bond donors (Lipinski definition) is 2. The molecule has 0 radical (unpaired) electrons. The standard InChI is InChI=1S/C27H36N6O2/c1-5-16-29-26(34)25(22-10-8-7-9-11-22)31-19-17-30(18-20-31)23-12-14-24(15-13-23)33(28)27(35)32(6-2)21(3)4/h5-15,21,25H,1-2,16-20,28H2,3-4H3,(H,29,34). The van der Waals surface area contributed by atoms with Crippen LogP contribution in [0.5, 0.6) is 0 Å². The van der Waals surface area contributed by atoms with Crippen molar-refractivity contribution in [3.8, 4) is 0 Å². The zero-order valence-electron chi connectivity index (χ0n) is 20.6. The Morgan fingerprint density at radius 1 is 1.03 bits per heavy atom. The molecule has 1 fully saturated rings. The Hall–Kier alpha value is -3.62. The molecule has 3 amide bonds. The summed E-state index contributed by atoms with van der Waals surface area (Å²) in [6.07, 6.45) is 3.18. The van der Waals surface area contributed by atoms with Crippen molar-refractivity contribution in [2.24, 2.45) is 5.84 Å². The number of nitrogens with two attached hydrogens (primary N) is 1. The molecule has 1 unspecified atom stereocenters. The van der Waals surface area contributed by atoms with Crippen LogP contribution in [0, 0.1) is 0 Å². The Morgan fingerprint density at radius 3 is 2.20 bits per heavy atom. The van der Waals surface area contributed by atoms with Gasteiger partial charge in [0.05, 0.1) is 5.69 Å². The molecular weight excluding hydrogens is 440 g/mol. The lowest BCUT2D eigenvalue weighted by Crippen LogP contribution is -2.51. The predicted octanol–water partition coefficient (Wildman–Crippen LogP) is 3.51. The van der Waals surface area contributed by atoms with Crippen LogP contribution in [0.3, 0.4) is 0 Å². The first-order valence-electron chi connectivity index (χ1n) is 11.9. The van der Waals surface area contributed by atoms with E-state index >= 15 is 0 Å². The smallest absolute Gasteiger partial charge is 0.343 e. The number of urea groups is 1. The first-order chi connectivity index (χ1) is 16.9. The fourth-order valence-corrected chi connectivity index (χ4v) is 4.24. The molecule has 1 heterocycles. The Kier molecular flexibility index (Phi) is 9.05. The fraction of sp³-hybridized carbons (Fsp3) is 0.333. The minimum atomic E-state index is -0.341. The zero-order valence-corrected chi connectivity index (χ0v) is 20.6. The van der Waals surface area contributed by atoms with Gasteiger partial charge in [0.25, 0.3) is 0 Å². The van der Waals surface area contributed by atoms with E-state index < -0.39 is 0 Å². The maximum absolute atomic E-state index is 13.0. The van der Waals surface area contributed by atoms with Crippen LogP contribution in [0.4, 0.5) is 16.2 Å². The minimum Gasteiger partial charge on any atom is -0.369 e. The summed E-state index contributed by atoms with van der Waals surface area (Å²) in [5.74, 6) is 6.06. The monoisotopic (exact) mass is 476 g/mol. The highest BCUT2D eigenvalue weighted by atomic mass is 16.2. The molecule has 8 nitrogen and oxygen atoms in total. The van der Waals surface area contributed by atoms with Gasteiger partial charge < -0.3 is 10.2 Å². The Morgan fingerprint density at radius 2 is 1.66 bits per heavy atom. The van der Waals surface area contributed by atoms with Crippen LogP contribution in [-0.2, 0) is 4.79 Å². The summed E-state index contributed by atoms with van der Waals surface area (Å²) in [5.41, 5.74) is 2.63. The van der Waals surface area contributed by atoms with E-state index in [4.69, 9.17) is 5.84 Å². The average molecular weight is 477 g/mol. The molecule has 0 saturated carbocycles. The molecule has 2 aromatic carbocycles. The number of amides is 3. The van der Waals surface area contributed by atoms with E-state index in [-0.39, 0.29) is 24.0 Å². The SMILES string of the molecule is C=CCNC(=O)C(c1ccccc1)N1CCN(c2ccc(N(N)C(=O)N(C=C)C(C)C)cc2)CC1. The molecule has 1 saturated heterocycles. The van der Waals surface area contributed by atoms with E-state index in [9.17, 15) is 9.59 Å². The van der Waals surface area contributed by atoms with Gasteiger partial charge in [0.1, 0.15) is 6.04 Å². The van der Waals surface area contributed by atoms with Crippen molar-refractivity contribution < 1.29 is 9.59 Å². The molecular formula is C27H36N6O2. The van der Waals surface area contributed by atoms with Gasteiger partial charge in [0.2, 0.25) is 5.91 Å². The van der Waals surface area contributed by atoms with Crippen molar-refractivity contribution in [3.05, 3.63) is 85.6 Å². The number of carbonyl (C=O) groups is 2. The quantitative estimate of drug-likeness (QED) is 0.250. The number of rotatable bonds is 9. The van der Waals surface area contributed by atoms with Gasteiger partial charge in [0.15, 0.2) is 0 Å². The van der Waals surface area contributed by atoms with E-state index in [0.29, 0.717) is 12.2 Å². The number of benzene rings is 2. The molecule has 0 aliphatic carbocycles. The number of anilines is 2.